The third-order valence-electron chi connectivity index (χ3n) is 6.08. The summed E-state index contributed by atoms with van der Waals surface area (Å²) in [6.07, 6.45) is 1.08. The summed E-state index contributed by atoms with van der Waals surface area (Å²) in [4.78, 5) is 14.9. The molecular formula is C22H26N2O5S2. The molecule has 2 aromatic rings. The van der Waals surface area contributed by atoms with E-state index in [0.717, 1.165) is 5.56 Å². The van der Waals surface area contributed by atoms with E-state index in [1.165, 1.54) is 4.31 Å². The minimum Gasteiger partial charge on any atom is -0.340 e. The normalized spacial score (nSPS) is 24.6. The van der Waals surface area contributed by atoms with Crippen molar-refractivity contribution in [3.05, 3.63) is 66.2 Å². The van der Waals surface area contributed by atoms with Crippen LogP contribution in [0.2, 0.25) is 0 Å². The second-order valence-electron chi connectivity index (χ2n) is 8.07. The average Bonchev–Trinajstić information content (AvgIpc) is 2.79. The Balaban J connectivity index is 1.62. The number of amides is 1. The molecule has 2 aliphatic rings. The van der Waals surface area contributed by atoms with E-state index in [9.17, 15) is 21.6 Å². The zero-order valence-corrected chi connectivity index (χ0v) is 18.8. The molecule has 2 unspecified atom stereocenters. The smallest absolute Gasteiger partial charge is 0.243 e. The van der Waals surface area contributed by atoms with Crippen LogP contribution in [0, 0.1) is 5.92 Å². The molecule has 2 aliphatic heterocycles. The first-order valence-corrected chi connectivity index (χ1v) is 13.7. The molecule has 0 bridgehead atoms. The number of hydrogen-bond donors (Lipinski definition) is 0. The fourth-order valence-corrected chi connectivity index (χ4v) is 7.24. The van der Waals surface area contributed by atoms with E-state index in [-0.39, 0.29) is 48.0 Å². The standard InChI is InChI=1S/C22H26N2O5S2/c25-22(23-13-15-30(26,27)16-14-23)19-11-12-21(18-7-3-1-4-8-18)24(17-19)31(28,29)20-9-5-2-6-10-20/h1-10,19,21H,11-17H2. The highest BCUT2D eigenvalue weighted by atomic mass is 32.2. The van der Waals surface area contributed by atoms with Gasteiger partial charge in [0, 0.05) is 19.6 Å². The molecule has 0 aromatic heterocycles. The molecule has 2 atom stereocenters. The van der Waals surface area contributed by atoms with Crippen molar-refractivity contribution in [3.63, 3.8) is 0 Å². The minimum atomic E-state index is -3.81. The van der Waals surface area contributed by atoms with Crippen LogP contribution in [0.4, 0.5) is 0 Å². The number of sulfone groups is 1. The van der Waals surface area contributed by atoms with Crippen LogP contribution in [0.1, 0.15) is 24.4 Å². The van der Waals surface area contributed by atoms with Crippen LogP contribution in [0.25, 0.3) is 0 Å². The van der Waals surface area contributed by atoms with Crippen LogP contribution in [0.5, 0.6) is 0 Å². The van der Waals surface area contributed by atoms with Crippen LogP contribution in [-0.4, -0.2) is 63.1 Å². The summed E-state index contributed by atoms with van der Waals surface area (Å²) in [7, 11) is -6.90. The summed E-state index contributed by atoms with van der Waals surface area (Å²) in [5.74, 6) is -0.720. The fraction of sp³-hybridized carbons (Fsp3) is 0.409. The molecule has 2 heterocycles. The molecule has 166 valence electrons. The van der Waals surface area contributed by atoms with Gasteiger partial charge in [0.1, 0.15) is 0 Å². The summed E-state index contributed by atoms with van der Waals surface area (Å²) in [6.45, 7) is 0.426. The lowest BCUT2D eigenvalue weighted by molar-refractivity contribution is -0.136. The van der Waals surface area contributed by atoms with Gasteiger partial charge in [-0.15, -0.1) is 0 Å². The SMILES string of the molecule is O=C(C1CCC(c2ccccc2)N(S(=O)(=O)c2ccccc2)C1)N1CCS(=O)(=O)CC1. The van der Waals surface area contributed by atoms with Gasteiger partial charge in [-0.25, -0.2) is 16.8 Å². The van der Waals surface area contributed by atoms with E-state index in [1.54, 1.807) is 35.2 Å². The molecule has 0 aliphatic carbocycles. The maximum atomic E-state index is 13.5. The van der Waals surface area contributed by atoms with Crippen molar-refractivity contribution in [2.75, 3.05) is 31.1 Å². The van der Waals surface area contributed by atoms with Gasteiger partial charge in [0.05, 0.1) is 28.4 Å². The number of rotatable bonds is 4. The van der Waals surface area contributed by atoms with Gasteiger partial charge in [-0.2, -0.15) is 4.31 Å². The van der Waals surface area contributed by atoms with Gasteiger partial charge in [0.2, 0.25) is 15.9 Å². The number of sulfonamides is 1. The van der Waals surface area contributed by atoms with Gasteiger partial charge in [-0.1, -0.05) is 48.5 Å². The topological polar surface area (TPSA) is 91.8 Å². The Labute approximate surface area is 183 Å². The van der Waals surface area contributed by atoms with E-state index < -0.39 is 25.8 Å². The Morgan fingerprint density at radius 1 is 0.871 bits per heavy atom. The highest BCUT2D eigenvalue weighted by Crippen LogP contribution is 2.38. The summed E-state index contributed by atoms with van der Waals surface area (Å²) in [6, 6.07) is 17.4. The lowest BCUT2D eigenvalue weighted by Gasteiger charge is -2.40. The van der Waals surface area contributed by atoms with E-state index >= 15 is 0 Å². The van der Waals surface area contributed by atoms with Gasteiger partial charge < -0.3 is 4.90 Å². The largest absolute Gasteiger partial charge is 0.340 e. The summed E-state index contributed by atoms with van der Waals surface area (Å²) >= 11 is 0. The first kappa shape index (κ1) is 22.0. The fourth-order valence-electron chi connectivity index (χ4n) is 4.33. The zero-order chi connectivity index (χ0) is 22.1. The van der Waals surface area contributed by atoms with Crippen LogP contribution < -0.4 is 0 Å². The molecule has 31 heavy (non-hydrogen) atoms. The third-order valence-corrected chi connectivity index (χ3v) is 9.57. The van der Waals surface area contributed by atoms with Crippen LogP contribution in [-0.2, 0) is 24.7 Å². The predicted molar refractivity (Wildman–Crippen MR) is 117 cm³/mol. The molecule has 4 rings (SSSR count). The molecule has 0 saturated carbocycles. The first-order valence-electron chi connectivity index (χ1n) is 10.4. The lowest BCUT2D eigenvalue weighted by atomic mass is 9.90. The van der Waals surface area contributed by atoms with Crippen molar-refractivity contribution < 1.29 is 21.6 Å². The number of nitrogens with zero attached hydrogens (tertiary/aromatic N) is 2. The Hall–Kier alpha value is -2.23. The minimum absolute atomic E-state index is 0.0376. The molecule has 0 N–H and O–H groups in total. The van der Waals surface area contributed by atoms with Crippen molar-refractivity contribution in [3.8, 4) is 0 Å². The Bertz CT molecular complexity index is 1120. The van der Waals surface area contributed by atoms with Gasteiger partial charge in [0.25, 0.3) is 0 Å². The van der Waals surface area contributed by atoms with Gasteiger partial charge in [0.15, 0.2) is 9.84 Å². The van der Waals surface area contributed by atoms with Crippen molar-refractivity contribution in [1.82, 2.24) is 9.21 Å². The summed E-state index contributed by atoms with van der Waals surface area (Å²) in [5.41, 5.74) is 0.900. The van der Waals surface area contributed by atoms with E-state index in [0.29, 0.717) is 12.8 Å². The molecule has 7 nitrogen and oxygen atoms in total. The molecule has 1 amide bonds. The Morgan fingerprint density at radius 3 is 2.06 bits per heavy atom. The lowest BCUT2D eigenvalue weighted by Crippen LogP contribution is -2.51. The molecule has 9 heteroatoms. The number of benzene rings is 2. The monoisotopic (exact) mass is 462 g/mol. The second kappa shape index (κ2) is 8.72. The number of carbonyl (C=O) groups is 1. The van der Waals surface area contributed by atoms with Crippen molar-refractivity contribution >= 4 is 25.8 Å². The summed E-state index contributed by atoms with van der Waals surface area (Å²) in [5, 5.41) is 0. The maximum Gasteiger partial charge on any atom is 0.243 e. The molecule has 2 fully saturated rings. The predicted octanol–water partition coefficient (Wildman–Crippen LogP) is 2.09. The average molecular weight is 463 g/mol. The molecular weight excluding hydrogens is 436 g/mol. The summed E-state index contributed by atoms with van der Waals surface area (Å²) < 4.78 is 51.9. The van der Waals surface area contributed by atoms with Crippen molar-refractivity contribution in [1.29, 1.82) is 0 Å². The third kappa shape index (κ3) is 4.68. The molecule has 0 spiro atoms. The van der Waals surface area contributed by atoms with E-state index in [1.807, 2.05) is 30.3 Å². The van der Waals surface area contributed by atoms with Gasteiger partial charge >= 0.3 is 0 Å². The van der Waals surface area contributed by atoms with Crippen molar-refractivity contribution in [2.45, 2.75) is 23.8 Å². The Kier molecular flexibility index (Phi) is 6.18. The highest BCUT2D eigenvalue weighted by Gasteiger charge is 2.41. The molecule has 2 saturated heterocycles. The van der Waals surface area contributed by atoms with Crippen LogP contribution in [0.3, 0.4) is 0 Å². The Morgan fingerprint density at radius 2 is 1.45 bits per heavy atom. The van der Waals surface area contributed by atoms with Gasteiger partial charge in [-0.05, 0) is 30.5 Å². The van der Waals surface area contributed by atoms with Gasteiger partial charge in [-0.3, -0.25) is 4.79 Å². The zero-order valence-electron chi connectivity index (χ0n) is 17.1. The van der Waals surface area contributed by atoms with Crippen LogP contribution in [0.15, 0.2) is 65.6 Å². The number of piperidine rings is 1. The molecule has 2 aromatic carbocycles. The van der Waals surface area contributed by atoms with E-state index in [4.69, 9.17) is 0 Å². The quantitative estimate of drug-likeness (QED) is 0.694. The van der Waals surface area contributed by atoms with Crippen LogP contribution >= 0.6 is 0 Å². The highest BCUT2D eigenvalue weighted by molar-refractivity contribution is 7.91. The number of hydrogen-bond acceptors (Lipinski definition) is 5. The second-order valence-corrected chi connectivity index (χ2v) is 12.3. The maximum absolute atomic E-state index is 13.5. The van der Waals surface area contributed by atoms with Crippen molar-refractivity contribution in [2.24, 2.45) is 5.92 Å². The number of carbonyl (C=O) groups excluding carboxylic acids is 1. The van der Waals surface area contributed by atoms with E-state index in [2.05, 4.69) is 0 Å². The molecule has 0 radical (unpaired) electrons. The first-order chi connectivity index (χ1) is 14.8.